The molecule has 0 spiro atoms. The van der Waals surface area contributed by atoms with Crippen molar-refractivity contribution in [3.05, 3.63) is 21.9 Å². The molecule has 3 nitrogen and oxygen atoms in total. The van der Waals surface area contributed by atoms with Gasteiger partial charge in [-0.1, -0.05) is 0 Å². The van der Waals surface area contributed by atoms with Crippen LogP contribution >= 0.6 is 11.3 Å². The van der Waals surface area contributed by atoms with Crippen LogP contribution in [-0.4, -0.2) is 49.6 Å². The first-order valence-electron chi connectivity index (χ1n) is 7.36. The van der Waals surface area contributed by atoms with Gasteiger partial charge in [-0.25, -0.2) is 0 Å². The van der Waals surface area contributed by atoms with Crippen LogP contribution < -0.4 is 5.32 Å². The Hall–Kier alpha value is -0.420. The topological polar surface area (TPSA) is 18.5 Å². The van der Waals surface area contributed by atoms with Crippen LogP contribution in [0.25, 0.3) is 0 Å². The van der Waals surface area contributed by atoms with Gasteiger partial charge >= 0.3 is 0 Å². The van der Waals surface area contributed by atoms with Crippen LogP contribution in [-0.2, 0) is 13.1 Å². The Kier molecular flexibility index (Phi) is 4.22. The maximum absolute atomic E-state index is 3.68. The molecule has 0 aromatic carbocycles. The lowest BCUT2D eigenvalue weighted by molar-refractivity contribution is 0.258. The number of hydrogen-bond acceptors (Lipinski definition) is 4. The molecular formula is C15H25N3S. The summed E-state index contributed by atoms with van der Waals surface area (Å²) in [5.41, 5.74) is 1.46. The number of rotatable bonds is 4. The fourth-order valence-electron chi connectivity index (χ4n) is 3.34. The third-order valence-electron chi connectivity index (χ3n) is 4.20. The zero-order chi connectivity index (χ0) is 13.2. The summed E-state index contributed by atoms with van der Waals surface area (Å²) in [6.07, 6.45) is 2.79. The molecule has 0 radical (unpaired) electrons. The average Bonchev–Trinajstić information content (AvgIpc) is 2.59. The highest BCUT2D eigenvalue weighted by molar-refractivity contribution is 7.10. The Morgan fingerprint density at radius 1 is 1.37 bits per heavy atom. The van der Waals surface area contributed by atoms with E-state index in [9.17, 15) is 0 Å². The summed E-state index contributed by atoms with van der Waals surface area (Å²) in [4.78, 5) is 6.42. The minimum Gasteiger partial charge on any atom is -0.312 e. The molecule has 3 fully saturated rings. The molecular weight excluding hydrogens is 254 g/mol. The van der Waals surface area contributed by atoms with Gasteiger partial charge in [-0.2, -0.15) is 0 Å². The number of thiophene rings is 1. The van der Waals surface area contributed by atoms with Gasteiger partial charge in [0.2, 0.25) is 0 Å². The molecule has 0 amide bonds. The Morgan fingerprint density at radius 2 is 2.26 bits per heavy atom. The van der Waals surface area contributed by atoms with Gasteiger partial charge in [0.1, 0.15) is 0 Å². The molecule has 3 aliphatic rings. The lowest BCUT2D eigenvalue weighted by atomic mass is 9.97. The zero-order valence-electron chi connectivity index (χ0n) is 12.1. The van der Waals surface area contributed by atoms with Gasteiger partial charge in [0.15, 0.2) is 0 Å². The van der Waals surface area contributed by atoms with E-state index in [1.54, 1.807) is 0 Å². The van der Waals surface area contributed by atoms with Crippen molar-refractivity contribution >= 4 is 11.3 Å². The van der Waals surface area contributed by atoms with Crippen molar-refractivity contribution in [2.75, 3.05) is 33.7 Å². The van der Waals surface area contributed by atoms with Crippen molar-refractivity contribution in [3.8, 4) is 0 Å². The van der Waals surface area contributed by atoms with E-state index in [-0.39, 0.29) is 0 Å². The summed E-state index contributed by atoms with van der Waals surface area (Å²) in [7, 11) is 4.27. The van der Waals surface area contributed by atoms with Crippen molar-refractivity contribution in [1.82, 2.24) is 15.1 Å². The SMILES string of the molecule is CN(C)Cc1csc(CN2C[C@H]3CC[C@@H](C2)NC3)c1. The van der Waals surface area contributed by atoms with Gasteiger partial charge in [-0.15, -0.1) is 11.3 Å². The summed E-state index contributed by atoms with van der Waals surface area (Å²) < 4.78 is 0. The predicted molar refractivity (Wildman–Crippen MR) is 81.5 cm³/mol. The van der Waals surface area contributed by atoms with E-state index in [1.165, 1.54) is 42.9 Å². The van der Waals surface area contributed by atoms with Crippen LogP contribution in [0.4, 0.5) is 0 Å². The Balaban J connectivity index is 1.60. The number of piperidine rings is 1. The smallest absolute Gasteiger partial charge is 0.0328 e. The first-order chi connectivity index (χ1) is 9.19. The molecule has 19 heavy (non-hydrogen) atoms. The first-order valence-corrected chi connectivity index (χ1v) is 8.24. The van der Waals surface area contributed by atoms with Gasteiger partial charge < -0.3 is 10.2 Å². The molecule has 3 saturated heterocycles. The van der Waals surface area contributed by atoms with E-state index in [1.807, 2.05) is 11.3 Å². The fourth-order valence-corrected chi connectivity index (χ4v) is 4.27. The average molecular weight is 279 g/mol. The number of hydrogen-bond donors (Lipinski definition) is 1. The van der Waals surface area contributed by atoms with Crippen molar-refractivity contribution < 1.29 is 0 Å². The van der Waals surface area contributed by atoms with Crippen molar-refractivity contribution in [2.45, 2.75) is 32.0 Å². The van der Waals surface area contributed by atoms with E-state index >= 15 is 0 Å². The molecule has 106 valence electrons. The number of nitrogens with one attached hydrogen (secondary N) is 1. The monoisotopic (exact) mass is 279 g/mol. The molecule has 4 rings (SSSR count). The molecule has 1 N–H and O–H groups in total. The Labute approximate surface area is 120 Å². The van der Waals surface area contributed by atoms with Crippen LogP contribution in [0.1, 0.15) is 23.3 Å². The summed E-state index contributed by atoms with van der Waals surface area (Å²) in [5.74, 6) is 0.875. The van der Waals surface area contributed by atoms with Crippen molar-refractivity contribution in [3.63, 3.8) is 0 Å². The summed E-state index contributed by atoms with van der Waals surface area (Å²) in [6, 6.07) is 3.13. The van der Waals surface area contributed by atoms with E-state index < -0.39 is 0 Å². The minimum absolute atomic E-state index is 0.736. The van der Waals surface area contributed by atoms with Gasteiger partial charge in [0.25, 0.3) is 0 Å². The van der Waals surface area contributed by atoms with Gasteiger partial charge in [0.05, 0.1) is 0 Å². The maximum atomic E-state index is 3.68. The largest absolute Gasteiger partial charge is 0.312 e. The molecule has 2 bridgehead atoms. The number of fused-ring (bicyclic) bond motifs is 4. The predicted octanol–water partition coefficient (Wildman–Crippen LogP) is 1.99. The molecule has 1 aromatic heterocycles. The highest BCUT2D eigenvalue weighted by atomic mass is 32.1. The van der Waals surface area contributed by atoms with E-state index in [0.717, 1.165) is 25.0 Å². The van der Waals surface area contributed by atoms with Crippen LogP contribution in [0.3, 0.4) is 0 Å². The second kappa shape index (κ2) is 5.92. The van der Waals surface area contributed by atoms with Gasteiger partial charge in [-0.3, -0.25) is 4.90 Å². The van der Waals surface area contributed by atoms with Gasteiger partial charge in [-0.05, 0) is 56.4 Å². The molecule has 3 aliphatic heterocycles. The third-order valence-corrected chi connectivity index (χ3v) is 5.17. The normalized spacial score (nSPS) is 27.9. The van der Waals surface area contributed by atoms with Crippen LogP contribution in [0.15, 0.2) is 11.4 Å². The van der Waals surface area contributed by atoms with Crippen LogP contribution in [0.2, 0.25) is 0 Å². The lowest BCUT2D eigenvalue weighted by Gasteiger charge is -2.23. The third kappa shape index (κ3) is 3.57. The molecule has 1 aromatic rings. The molecule has 4 heteroatoms. The fraction of sp³-hybridized carbons (Fsp3) is 0.733. The molecule has 0 unspecified atom stereocenters. The maximum Gasteiger partial charge on any atom is 0.0328 e. The molecule has 2 atom stereocenters. The molecule has 4 heterocycles. The van der Waals surface area contributed by atoms with E-state index in [0.29, 0.717) is 0 Å². The zero-order valence-corrected chi connectivity index (χ0v) is 12.9. The van der Waals surface area contributed by atoms with E-state index in [2.05, 4.69) is 40.7 Å². The van der Waals surface area contributed by atoms with Crippen molar-refractivity contribution in [2.24, 2.45) is 5.92 Å². The van der Waals surface area contributed by atoms with Crippen molar-refractivity contribution in [1.29, 1.82) is 0 Å². The highest BCUT2D eigenvalue weighted by Crippen LogP contribution is 2.24. The quantitative estimate of drug-likeness (QED) is 0.909. The van der Waals surface area contributed by atoms with E-state index in [4.69, 9.17) is 0 Å². The number of nitrogens with zero attached hydrogens (tertiary/aromatic N) is 2. The summed E-state index contributed by atoms with van der Waals surface area (Å²) in [5, 5.41) is 6.00. The summed E-state index contributed by atoms with van der Waals surface area (Å²) >= 11 is 1.93. The second-order valence-electron chi connectivity index (χ2n) is 6.40. The molecule has 0 aliphatic carbocycles. The standard InChI is InChI=1S/C15H25N3S/c1-17(2)7-13-5-15(19-11-13)10-18-8-12-3-4-14(9-18)16-6-12/h5,11-12,14,16H,3-4,6-10H2,1-2H3/t12-,14-/m0/s1. The highest BCUT2D eigenvalue weighted by Gasteiger charge is 2.28. The summed E-state index contributed by atoms with van der Waals surface area (Å²) in [6.45, 7) is 5.95. The second-order valence-corrected chi connectivity index (χ2v) is 7.40. The Morgan fingerprint density at radius 3 is 3.00 bits per heavy atom. The molecule has 0 saturated carbocycles. The first kappa shape index (κ1) is 13.6. The Bertz CT molecular complexity index is 393. The lowest BCUT2D eigenvalue weighted by Crippen LogP contribution is -2.39. The minimum atomic E-state index is 0.736. The van der Waals surface area contributed by atoms with Crippen LogP contribution in [0.5, 0.6) is 0 Å². The van der Waals surface area contributed by atoms with Gasteiger partial charge in [0, 0.05) is 37.1 Å². The van der Waals surface area contributed by atoms with Crippen LogP contribution in [0, 0.1) is 5.92 Å².